The smallest absolute Gasteiger partial charge is 0.109 e. The normalized spacial score (nSPS) is 25.8. The molecule has 0 N–H and O–H groups in total. The number of epoxide rings is 1. The summed E-state index contributed by atoms with van der Waals surface area (Å²) in [5, 5.41) is 0. The van der Waals surface area contributed by atoms with Crippen molar-refractivity contribution in [1.82, 2.24) is 0 Å². The maximum Gasteiger partial charge on any atom is 0.109 e. The fourth-order valence-electron chi connectivity index (χ4n) is 1.40. The molecule has 1 fully saturated rings. The van der Waals surface area contributed by atoms with E-state index < -0.39 is 0 Å². The molecular formula is C10H14O2. The highest BCUT2D eigenvalue weighted by Crippen LogP contribution is 2.37. The lowest BCUT2D eigenvalue weighted by atomic mass is 10.1. The average molecular weight is 166 g/mol. The first-order chi connectivity index (χ1) is 5.59. The van der Waals surface area contributed by atoms with Crippen molar-refractivity contribution in [3.8, 4) is 0 Å². The molecule has 0 unspecified atom stereocenters. The Bertz CT molecular complexity index is 286. The number of hydrogen-bond donors (Lipinski definition) is 0. The molecule has 1 aromatic heterocycles. The lowest BCUT2D eigenvalue weighted by Crippen LogP contribution is -2.05. The van der Waals surface area contributed by atoms with Crippen LogP contribution in [0.5, 0.6) is 0 Å². The van der Waals surface area contributed by atoms with Crippen molar-refractivity contribution in [1.29, 1.82) is 0 Å². The van der Waals surface area contributed by atoms with Gasteiger partial charge in [0.05, 0.1) is 18.0 Å². The Morgan fingerprint density at radius 3 is 2.58 bits per heavy atom. The summed E-state index contributed by atoms with van der Waals surface area (Å²) in [7, 11) is 0. The third-order valence-corrected chi connectivity index (χ3v) is 2.50. The highest BCUT2D eigenvalue weighted by Gasteiger charge is 2.48. The molecule has 2 nitrogen and oxygen atoms in total. The van der Waals surface area contributed by atoms with Crippen LogP contribution in [0.2, 0.25) is 0 Å². The van der Waals surface area contributed by atoms with Gasteiger partial charge in [-0.05, 0) is 32.4 Å². The minimum atomic E-state index is 0.0687. The van der Waals surface area contributed by atoms with Crippen molar-refractivity contribution in [3.63, 3.8) is 0 Å². The van der Waals surface area contributed by atoms with Gasteiger partial charge in [0.25, 0.3) is 0 Å². The molecule has 0 saturated carbocycles. The van der Waals surface area contributed by atoms with Gasteiger partial charge in [-0.15, -0.1) is 0 Å². The molecule has 66 valence electrons. The predicted octanol–water partition coefficient (Wildman–Crippen LogP) is 2.31. The summed E-state index contributed by atoms with van der Waals surface area (Å²) in [6, 6.07) is 1.99. The van der Waals surface area contributed by atoms with Gasteiger partial charge in [0.1, 0.15) is 5.76 Å². The molecule has 1 atom stereocenters. The van der Waals surface area contributed by atoms with Gasteiger partial charge >= 0.3 is 0 Å². The van der Waals surface area contributed by atoms with E-state index in [0.717, 1.165) is 12.2 Å². The summed E-state index contributed by atoms with van der Waals surface area (Å²) in [4.78, 5) is 0. The second kappa shape index (κ2) is 2.36. The lowest BCUT2D eigenvalue weighted by Gasteiger charge is -1.95. The second-order valence-corrected chi connectivity index (χ2v) is 3.94. The van der Waals surface area contributed by atoms with Gasteiger partial charge in [-0.1, -0.05) is 0 Å². The Kier molecular flexibility index (Phi) is 1.55. The van der Waals surface area contributed by atoms with Crippen LogP contribution in [0.3, 0.4) is 0 Å². The van der Waals surface area contributed by atoms with E-state index in [-0.39, 0.29) is 5.60 Å². The maximum atomic E-state index is 5.47. The minimum absolute atomic E-state index is 0.0687. The van der Waals surface area contributed by atoms with E-state index in [4.69, 9.17) is 9.15 Å². The van der Waals surface area contributed by atoms with E-state index in [0.29, 0.717) is 6.10 Å². The van der Waals surface area contributed by atoms with Gasteiger partial charge in [0.2, 0.25) is 0 Å². The second-order valence-electron chi connectivity index (χ2n) is 3.94. The van der Waals surface area contributed by atoms with Gasteiger partial charge < -0.3 is 9.15 Å². The topological polar surface area (TPSA) is 25.7 Å². The summed E-state index contributed by atoms with van der Waals surface area (Å²) in [6.07, 6.45) is 2.99. The average Bonchev–Trinajstić information content (AvgIpc) is 2.39. The first-order valence-electron chi connectivity index (χ1n) is 4.30. The number of hydrogen-bond acceptors (Lipinski definition) is 2. The van der Waals surface area contributed by atoms with E-state index in [9.17, 15) is 0 Å². The summed E-state index contributed by atoms with van der Waals surface area (Å²) >= 11 is 0. The van der Waals surface area contributed by atoms with Crippen LogP contribution >= 0.6 is 0 Å². The Labute approximate surface area is 72.5 Å². The van der Waals surface area contributed by atoms with Crippen LogP contribution in [0.15, 0.2) is 16.7 Å². The number of aryl methyl sites for hydroxylation is 1. The standard InChI is InChI=1S/C10H14O2/c1-7-4-5-11-8(7)6-9-10(2,3)12-9/h4-5,9H,6H2,1-3H3/t9-/m0/s1. The zero-order valence-electron chi connectivity index (χ0n) is 7.76. The van der Waals surface area contributed by atoms with Crippen molar-refractivity contribution in [3.05, 3.63) is 23.7 Å². The lowest BCUT2D eigenvalue weighted by molar-refractivity contribution is 0.319. The third kappa shape index (κ3) is 1.27. The first-order valence-corrected chi connectivity index (χ1v) is 4.30. The monoisotopic (exact) mass is 166 g/mol. The van der Waals surface area contributed by atoms with Crippen molar-refractivity contribution in [2.45, 2.75) is 38.9 Å². The van der Waals surface area contributed by atoms with E-state index >= 15 is 0 Å². The van der Waals surface area contributed by atoms with Crippen molar-refractivity contribution < 1.29 is 9.15 Å². The molecule has 1 aliphatic rings. The van der Waals surface area contributed by atoms with Crippen LogP contribution in [0.25, 0.3) is 0 Å². The van der Waals surface area contributed by atoms with Crippen LogP contribution < -0.4 is 0 Å². The minimum Gasteiger partial charge on any atom is -0.469 e. The van der Waals surface area contributed by atoms with E-state index in [1.54, 1.807) is 6.26 Å². The molecule has 2 heterocycles. The van der Waals surface area contributed by atoms with Gasteiger partial charge in [-0.3, -0.25) is 0 Å². The number of furan rings is 1. The number of ether oxygens (including phenoxy) is 1. The highest BCUT2D eigenvalue weighted by atomic mass is 16.6. The van der Waals surface area contributed by atoms with Gasteiger partial charge in [0.15, 0.2) is 0 Å². The molecule has 2 heteroatoms. The van der Waals surface area contributed by atoms with Crippen LogP contribution in [0.1, 0.15) is 25.2 Å². The molecule has 0 bridgehead atoms. The largest absolute Gasteiger partial charge is 0.469 e. The van der Waals surface area contributed by atoms with E-state index in [1.165, 1.54) is 5.56 Å². The predicted molar refractivity (Wildman–Crippen MR) is 46.1 cm³/mol. The van der Waals surface area contributed by atoms with Gasteiger partial charge in [-0.25, -0.2) is 0 Å². The molecule has 0 amide bonds. The molecule has 1 aromatic rings. The third-order valence-electron chi connectivity index (χ3n) is 2.50. The molecular weight excluding hydrogens is 152 g/mol. The van der Waals surface area contributed by atoms with Crippen LogP contribution in [0.4, 0.5) is 0 Å². The summed E-state index contributed by atoms with van der Waals surface area (Å²) < 4.78 is 10.8. The molecule has 0 aliphatic carbocycles. The zero-order chi connectivity index (χ0) is 8.77. The Morgan fingerprint density at radius 2 is 2.17 bits per heavy atom. The summed E-state index contributed by atoms with van der Waals surface area (Å²) in [5.74, 6) is 1.06. The van der Waals surface area contributed by atoms with E-state index in [1.807, 2.05) is 6.07 Å². The van der Waals surface area contributed by atoms with Crippen LogP contribution in [-0.4, -0.2) is 11.7 Å². The van der Waals surface area contributed by atoms with Crippen LogP contribution in [-0.2, 0) is 11.2 Å². The van der Waals surface area contributed by atoms with Crippen molar-refractivity contribution >= 4 is 0 Å². The Hall–Kier alpha value is -0.760. The molecule has 0 radical (unpaired) electrons. The zero-order valence-corrected chi connectivity index (χ0v) is 7.76. The quantitative estimate of drug-likeness (QED) is 0.630. The molecule has 0 aromatic carbocycles. The van der Waals surface area contributed by atoms with Crippen LogP contribution in [0, 0.1) is 6.92 Å². The van der Waals surface area contributed by atoms with Gasteiger partial charge in [-0.2, -0.15) is 0 Å². The SMILES string of the molecule is Cc1ccoc1C[C@@H]1OC1(C)C. The van der Waals surface area contributed by atoms with Crippen molar-refractivity contribution in [2.75, 3.05) is 0 Å². The maximum absolute atomic E-state index is 5.47. The van der Waals surface area contributed by atoms with Crippen molar-refractivity contribution in [2.24, 2.45) is 0 Å². The van der Waals surface area contributed by atoms with Gasteiger partial charge in [0, 0.05) is 6.42 Å². The Morgan fingerprint density at radius 1 is 1.50 bits per heavy atom. The molecule has 0 spiro atoms. The number of rotatable bonds is 2. The molecule has 2 rings (SSSR count). The van der Waals surface area contributed by atoms with E-state index in [2.05, 4.69) is 20.8 Å². The summed E-state index contributed by atoms with van der Waals surface area (Å²) in [6.45, 7) is 6.28. The Balaban J connectivity index is 2.02. The molecule has 1 saturated heterocycles. The molecule has 1 aliphatic heterocycles. The first kappa shape index (κ1) is 7.87. The fourth-order valence-corrected chi connectivity index (χ4v) is 1.40. The highest BCUT2D eigenvalue weighted by molar-refractivity contribution is 5.17. The molecule has 12 heavy (non-hydrogen) atoms. The summed E-state index contributed by atoms with van der Waals surface area (Å²) in [5.41, 5.74) is 1.29. The fraction of sp³-hybridized carbons (Fsp3) is 0.600.